The second-order valence-electron chi connectivity index (χ2n) is 3.89. The Morgan fingerprint density at radius 2 is 2.42 bits per heavy atom. The van der Waals surface area contributed by atoms with Gasteiger partial charge in [0.2, 0.25) is 0 Å². The third-order valence-electron chi connectivity index (χ3n) is 3.13. The molecule has 2 aliphatic rings. The van der Waals surface area contributed by atoms with Crippen molar-refractivity contribution in [1.82, 2.24) is 0 Å². The molecular formula is C8H11BO3. The van der Waals surface area contributed by atoms with Crippen molar-refractivity contribution in [2.45, 2.75) is 24.8 Å². The van der Waals surface area contributed by atoms with Gasteiger partial charge in [-0.25, -0.2) is 0 Å². The molecule has 1 saturated heterocycles. The summed E-state index contributed by atoms with van der Waals surface area (Å²) < 4.78 is 4.82. The minimum Gasteiger partial charge on any atom is -0.465 e. The number of ether oxygens (including phenoxy) is 1. The number of fused-ring (bicyclic) bond motifs is 1. The minimum absolute atomic E-state index is 0.00926. The van der Waals surface area contributed by atoms with Crippen molar-refractivity contribution in [1.29, 1.82) is 0 Å². The molecule has 3 nitrogen and oxygen atoms in total. The van der Waals surface area contributed by atoms with Gasteiger partial charge in [-0.2, -0.15) is 0 Å². The normalized spacial score (nSPS) is 52.2. The zero-order valence-corrected chi connectivity index (χ0v) is 6.99. The van der Waals surface area contributed by atoms with Crippen LogP contribution in [-0.4, -0.2) is 31.6 Å². The maximum absolute atomic E-state index is 11.2. The topological polar surface area (TPSA) is 46.5 Å². The Kier molecular flexibility index (Phi) is 1.52. The first-order valence-electron chi connectivity index (χ1n) is 4.21. The fourth-order valence-electron chi connectivity index (χ4n) is 2.28. The van der Waals surface area contributed by atoms with Crippen LogP contribution < -0.4 is 0 Å². The van der Waals surface area contributed by atoms with E-state index in [1.807, 2.05) is 6.92 Å². The van der Waals surface area contributed by atoms with Crippen molar-refractivity contribution < 1.29 is 14.6 Å². The number of aliphatic hydroxyl groups is 1. The first kappa shape index (κ1) is 8.11. The van der Waals surface area contributed by atoms with E-state index >= 15 is 0 Å². The predicted molar refractivity (Wildman–Crippen MR) is 42.7 cm³/mol. The van der Waals surface area contributed by atoms with Gasteiger partial charge in [0.1, 0.15) is 0 Å². The van der Waals surface area contributed by atoms with Crippen molar-refractivity contribution in [3.05, 3.63) is 0 Å². The summed E-state index contributed by atoms with van der Waals surface area (Å²) in [4.78, 5) is 11.2. The molecule has 1 unspecified atom stereocenters. The summed E-state index contributed by atoms with van der Waals surface area (Å²) in [6.07, 6.45) is 0.0427. The van der Waals surface area contributed by atoms with Crippen LogP contribution in [0.2, 0.25) is 5.31 Å². The van der Waals surface area contributed by atoms with Crippen LogP contribution in [0.5, 0.6) is 0 Å². The third-order valence-corrected chi connectivity index (χ3v) is 3.13. The Labute approximate surface area is 72.5 Å². The molecule has 0 aromatic rings. The zero-order chi connectivity index (χ0) is 8.93. The van der Waals surface area contributed by atoms with E-state index in [2.05, 4.69) is 0 Å². The van der Waals surface area contributed by atoms with Crippen LogP contribution >= 0.6 is 0 Å². The molecule has 64 valence electrons. The first-order valence-corrected chi connectivity index (χ1v) is 4.21. The molecule has 0 bridgehead atoms. The van der Waals surface area contributed by atoms with Crippen LogP contribution in [0.3, 0.4) is 0 Å². The van der Waals surface area contributed by atoms with E-state index in [9.17, 15) is 9.90 Å². The lowest BCUT2D eigenvalue weighted by atomic mass is 9.62. The molecule has 4 heteroatoms. The second kappa shape index (κ2) is 2.25. The summed E-state index contributed by atoms with van der Waals surface area (Å²) >= 11 is 0. The van der Waals surface area contributed by atoms with E-state index in [0.29, 0.717) is 6.61 Å². The summed E-state index contributed by atoms with van der Waals surface area (Å²) in [6.45, 7) is 2.28. The molecule has 1 aliphatic heterocycles. The summed E-state index contributed by atoms with van der Waals surface area (Å²) in [6, 6.07) is 0. The van der Waals surface area contributed by atoms with Crippen LogP contribution in [0, 0.1) is 11.8 Å². The van der Waals surface area contributed by atoms with Crippen LogP contribution in [-0.2, 0) is 9.53 Å². The predicted octanol–water partition coefficient (Wildman–Crippen LogP) is -0.113. The molecule has 2 radical (unpaired) electrons. The number of hydrogen-bond acceptors (Lipinski definition) is 3. The quantitative estimate of drug-likeness (QED) is 0.403. The Morgan fingerprint density at radius 3 is 3.00 bits per heavy atom. The van der Waals surface area contributed by atoms with Gasteiger partial charge in [-0.1, -0.05) is 6.92 Å². The number of esters is 1. The fourth-order valence-corrected chi connectivity index (χ4v) is 2.28. The van der Waals surface area contributed by atoms with Crippen LogP contribution in [0.15, 0.2) is 0 Å². The number of aliphatic hydroxyl groups excluding tert-OH is 1. The maximum atomic E-state index is 11.2. The third kappa shape index (κ3) is 0.737. The lowest BCUT2D eigenvalue weighted by molar-refractivity contribution is -0.143. The highest BCUT2D eigenvalue weighted by Crippen LogP contribution is 2.54. The zero-order valence-electron chi connectivity index (χ0n) is 6.99. The number of rotatable bonds is 0. The lowest BCUT2D eigenvalue weighted by Crippen LogP contribution is -2.34. The summed E-state index contributed by atoms with van der Waals surface area (Å²) in [5, 5.41) is 8.56. The van der Waals surface area contributed by atoms with Crippen molar-refractivity contribution >= 4 is 13.8 Å². The van der Waals surface area contributed by atoms with Crippen LogP contribution in [0.4, 0.5) is 0 Å². The highest BCUT2D eigenvalue weighted by atomic mass is 16.5. The van der Waals surface area contributed by atoms with E-state index in [1.165, 1.54) is 0 Å². The van der Waals surface area contributed by atoms with Gasteiger partial charge in [0.15, 0.2) is 0 Å². The first-order chi connectivity index (χ1) is 5.56. The van der Waals surface area contributed by atoms with Crippen molar-refractivity contribution in [3.63, 3.8) is 0 Å². The Balaban J connectivity index is 2.34. The summed E-state index contributed by atoms with van der Waals surface area (Å²) in [5.41, 5.74) is 0. The fraction of sp³-hybridized carbons (Fsp3) is 0.875. The monoisotopic (exact) mass is 166 g/mol. The molecule has 0 spiro atoms. The molecule has 1 aliphatic carbocycles. The smallest absolute Gasteiger partial charge is 0.306 e. The highest BCUT2D eigenvalue weighted by Gasteiger charge is 2.58. The molecular weight excluding hydrogens is 155 g/mol. The molecule has 0 amide bonds. The van der Waals surface area contributed by atoms with E-state index < -0.39 is 17.4 Å². The average Bonchev–Trinajstić information content (AvgIpc) is 2.41. The second-order valence-corrected chi connectivity index (χ2v) is 3.89. The molecule has 1 saturated carbocycles. The van der Waals surface area contributed by atoms with Crippen LogP contribution in [0.1, 0.15) is 13.3 Å². The van der Waals surface area contributed by atoms with Crippen molar-refractivity contribution in [3.8, 4) is 0 Å². The molecule has 2 fully saturated rings. The Hall–Kier alpha value is -0.505. The largest absolute Gasteiger partial charge is 0.465 e. The van der Waals surface area contributed by atoms with Crippen LogP contribution in [0.25, 0.3) is 0 Å². The lowest BCUT2D eigenvalue weighted by Gasteiger charge is -2.24. The van der Waals surface area contributed by atoms with Gasteiger partial charge < -0.3 is 9.84 Å². The van der Waals surface area contributed by atoms with Gasteiger partial charge in [-0.05, 0) is 12.3 Å². The van der Waals surface area contributed by atoms with Gasteiger partial charge in [-0.3, -0.25) is 4.79 Å². The number of carbonyl (C=O) groups is 1. The van der Waals surface area contributed by atoms with Gasteiger partial charge >= 0.3 is 5.97 Å². The number of carbonyl (C=O) groups excluding carboxylic acids is 1. The van der Waals surface area contributed by atoms with Gasteiger partial charge in [0, 0.05) is 5.92 Å². The molecule has 1 N–H and O–H groups in total. The average molecular weight is 166 g/mol. The molecule has 2 rings (SSSR count). The van der Waals surface area contributed by atoms with Gasteiger partial charge in [0.25, 0.3) is 0 Å². The standard InChI is InChI=1S/C8H11BO3/c1-4-2-5-3-12-7(11)8(5,9)6(4)10/h4-6,10H,2-3H2,1H3/t4-,5+,6-,8?/m1/s1. The number of cyclic esters (lactones) is 1. The molecule has 4 atom stereocenters. The minimum atomic E-state index is -1.11. The van der Waals surface area contributed by atoms with Crippen molar-refractivity contribution in [2.24, 2.45) is 11.8 Å². The molecule has 12 heavy (non-hydrogen) atoms. The van der Waals surface area contributed by atoms with Gasteiger partial charge in [-0.15, -0.1) is 0 Å². The van der Waals surface area contributed by atoms with Gasteiger partial charge in [0.05, 0.1) is 25.9 Å². The summed E-state index contributed by atoms with van der Waals surface area (Å²) in [5.74, 6) is -0.327. The van der Waals surface area contributed by atoms with E-state index in [1.54, 1.807) is 0 Å². The van der Waals surface area contributed by atoms with E-state index in [0.717, 1.165) is 6.42 Å². The summed E-state index contributed by atoms with van der Waals surface area (Å²) in [7, 11) is 5.82. The highest BCUT2D eigenvalue weighted by molar-refractivity contribution is 6.28. The Bertz CT molecular complexity index is 226. The van der Waals surface area contributed by atoms with E-state index in [4.69, 9.17) is 12.6 Å². The molecule has 0 aromatic carbocycles. The SMILES string of the molecule is [B]C12C(=O)OC[C@@H]1C[C@@H](C)[C@H]2O. The molecule has 0 aromatic heterocycles. The number of hydrogen-bond donors (Lipinski definition) is 1. The molecule has 1 heterocycles. The van der Waals surface area contributed by atoms with E-state index in [-0.39, 0.29) is 11.8 Å². The maximum Gasteiger partial charge on any atom is 0.306 e. The van der Waals surface area contributed by atoms with Crippen molar-refractivity contribution in [2.75, 3.05) is 6.61 Å². The Morgan fingerprint density at radius 1 is 1.75 bits per heavy atom.